The van der Waals surface area contributed by atoms with E-state index in [1.54, 1.807) is 4.90 Å². The van der Waals surface area contributed by atoms with E-state index in [2.05, 4.69) is 17.0 Å². The predicted molar refractivity (Wildman–Crippen MR) is 103 cm³/mol. The number of benzene rings is 2. The summed E-state index contributed by atoms with van der Waals surface area (Å²) in [6, 6.07) is 9.98. The zero-order valence-corrected chi connectivity index (χ0v) is 15.5. The molecule has 4 nitrogen and oxygen atoms in total. The number of amides is 1. The Morgan fingerprint density at radius 3 is 2.57 bits per heavy atom. The number of halogens is 2. The fourth-order valence-corrected chi connectivity index (χ4v) is 3.65. The Bertz CT molecular complexity index is 885. The van der Waals surface area contributed by atoms with Crippen molar-refractivity contribution in [2.75, 3.05) is 32.8 Å². The largest absolute Gasteiger partial charge is 0.493 e. The van der Waals surface area contributed by atoms with Crippen molar-refractivity contribution in [1.82, 2.24) is 9.80 Å². The van der Waals surface area contributed by atoms with E-state index in [9.17, 15) is 13.6 Å². The summed E-state index contributed by atoms with van der Waals surface area (Å²) in [5.74, 6) is -0.587. The van der Waals surface area contributed by atoms with E-state index < -0.39 is 11.6 Å². The first-order valence-corrected chi connectivity index (χ1v) is 9.48. The standard InChI is InChI=1S/C22H22F2N2O2/c23-19-2-1-3-20(24)18(19)5-7-22(27)26-11-9-25(10-12-26)15-16-4-6-21-17(14-16)8-13-28-21/h1-7,14H,8-13,15H2/b7-5+. The lowest BCUT2D eigenvalue weighted by Crippen LogP contribution is -2.47. The quantitative estimate of drug-likeness (QED) is 0.759. The molecular formula is C22H22F2N2O2. The van der Waals surface area contributed by atoms with E-state index >= 15 is 0 Å². The third-order valence-corrected chi connectivity index (χ3v) is 5.24. The molecule has 6 heteroatoms. The Labute approximate surface area is 163 Å². The second kappa shape index (κ2) is 8.10. The van der Waals surface area contributed by atoms with E-state index in [0.29, 0.717) is 13.1 Å². The van der Waals surface area contributed by atoms with Gasteiger partial charge in [0, 0.05) is 50.8 Å². The molecule has 0 N–H and O–H groups in total. The molecule has 2 aliphatic rings. The van der Waals surface area contributed by atoms with Gasteiger partial charge in [0.2, 0.25) is 5.91 Å². The van der Waals surface area contributed by atoms with Crippen LogP contribution < -0.4 is 4.74 Å². The van der Waals surface area contributed by atoms with Gasteiger partial charge in [0.25, 0.3) is 0 Å². The molecule has 2 heterocycles. The van der Waals surface area contributed by atoms with Crippen LogP contribution in [0.15, 0.2) is 42.5 Å². The first-order valence-electron chi connectivity index (χ1n) is 9.48. The minimum absolute atomic E-state index is 0.185. The first-order chi connectivity index (χ1) is 13.6. The molecular weight excluding hydrogens is 362 g/mol. The van der Waals surface area contributed by atoms with Crippen molar-refractivity contribution in [3.05, 3.63) is 70.8 Å². The fraction of sp³-hybridized carbons (Fsp3) is 0.318. The molecule has 0 unspecified atom stereocenters. The molecule has 1 amide bonds. The fourth-order valence-electron chi connectivity index (χ4n) is 3.65. The Hall–Kier alpha value is -2.73. The number of carbonyl (C=O) groups is 1. The van der Waals surface area contributed by atoms with Crippen LogP contribution in [0, 0.1) is 11.6 Å². The molecule has 1 saturated heterocycles. The molecule has 4 rings (SSSR count). The lowest BCUT2D eigenvalue weighted by atomic mass is 10.1. The van der Waals surface area contributed by atoms with Crippen LogP contribution in [-0.2, 0) is 17.8 Å². The molecule has 0 atom stereocenters. The summed E-state index contributed by atoms with van der Waals surface area (Å²) in [5.41, 5.74) is 2.32. The molecule has 0 saturated carbocycles. The maximum absolute atomic E-state index is 13.7. The molecule has 2 aromatic carbocycles. The van der Waals surface area contributed by atoms with Gasteiger partial charge in [-0.05, 0) is 35.4 Å². The number of hydrogen-bond donors (Lipinski definition) is 0. The maximum atomic E-state index is 13.7. The monoisotopic (exact) mass is 384 g/mol. The van der Waals surface area contributed by atoms with Crippen molar-refractivity contribution < 1.29 is 18.3 Å². The topological polar surface area (TPSA) is 32.8 Å². The minimum Gasteiger partial charge on any atom is -0.493 e. The van der Waals surface area contributed by atoms with Gasteiger partial charge in [-0.15, -0.1) is 0 Å². The highest BCUT2D eigenvalue weighted by molar-refractivity contribution is 5.91. The smallest absolute Gasteiger partial charge is 0.246 e. The Morgan fingerprint density at radius 2 is 1.82 bits per heavy atom. The number of ether oxygens (including phenoxy) is 1. The van der Waals surface area contributed by atoms with Crippen molar-refractivity contribution in [3.63, 3.8) is 0 Å². The van der Waals surface area contributed by atoms with Gasteiger partial charge in [-0.1, -0.05) is 18.2 Å². The number of carbonyl (C=O) groups excluding carboxylic acids is 1. The van der Waals surface area contributed by atoms with Crippen molar-refractivity contribution in [1.29, 1.82) is 0 Å². The summed E-state index contributed by atoms with van der Waals surface area (Å²) >= 11 is 0. The minimum atomic E-state index is -0.673. The molecule has 0 radical (unpaired) electrons. The number of fused-ring (bicyclic) bond motifs is 1. The van der Waals surface area contributed by atoms with Crippen LogP contribution in [0.1, 0.15) is 16.7 Å². The van der Waals surface area contributed by atoms with Crippen LogP contribution in [0.5, 0.6) is 5.75 Å². The Balaban J connectivity index is 1.31. The van der Waals surface area contributed by atoms with Gasteiger partial charge in [0.15, 0.2) is 0 Å². The predicted octanol–water partition coefficient (Wildman–Crippen LogP) is 3.26. The average Bonchev–Trinajstić information content (AvgIpc) is 3.16. The molecule has 0 spiro atoms. The van der Waals surface area contributed by atoms with E-state index in [-0.39, 0.29) is 11.5 Å². The Kier molecular flexibility index (Phi) is 5.39. The van der Waals surface area contributed by atoms with Gasteiger partial charge in [0.05, 0.1) is 6.61 Å². The lowest BCUT2D eigenvalue weighted by Gasteiger charge is -2.34. The molecule has 0 aromatic heterocycles. The number of hydrogen-bond acceptors (Lipinski definition) is 3. The van der Waals surface area contributed by atoms with E-state index in [1.165, 1.54) is 41.5 Å². The number of rotatable bonds is 4. The van der Waals surface area contributed by atoms with Crippen LogP contribution >= 0.6 is 0 Å². The molecule has 2 aromatic rings. The second-order valence-electron chi connectivity index (χ2n) is 7.11. The van der Waals surface area contributed by atoms with E-state index in [4.69, 9.17) is 4.74 Å². The summed E-state index contributed by atoms with van der Waals surface area (Å²) in [5, 5.41) is 0. The van der Waals surface area contributed by atoms with Crippen molar-refractivity contribution in [2.24, 2.45) is 0 Å². The summed E-state index contributed by atoms with van der Waals surface area (Å²) in [6.45, 7) is 4.31. The third-order valence-electron chi connectivity index (χ3n) is 5.24. The highest BCUT2D eigenvalue weighted by atomic mass is 19.1. The lowest BCUT2D eigenvalue weighted by molar-refractivity contribution is -0.127. The van der Waals surface area contributed by atoms with Gasteiger partial charge in [0.1, 0.15) is 17.4 Å². The van der Waals surface area contributed by atoms with Gasteiger partial charge >= 0.3 is 0 Å². The summed E-state index contributed by atoms with van der Waals surface area (Å²) in [6.07, 6.45) is 3.42. The van der Waals surface area contributed by atoms with E-state index in [1.807, 2.05) is 6.07 Å². The molecule has 0 aliphatic carbocycles. The first kappa shape index (κ1) is 18.6. The number of nitrogens with zero attached hydrogens (tertiary/aromatic N) is 2. The zero-order valence-electron chi connectivity index (χ0n) is 15.5. The summed E-state index contributed by atoms with van der Waals surface area (Å²) in [7, 11) is 0. The normalized spacial score (nSPS) is 17.0. The average molecular weight is 384 g/mol. The highest BCUT2D eigenvalue weighted by Gasteiger charge is 2.20. The van der Waals surface area contributed by atoms with Crippen molar-refractivity contribution >= 4 is 12.0 Å². The van der Waals surface area contributed by atoms with Crippen LogP contribution in [0.25, 0.3) is 6.08 Å². The second-order valence-corrected chi connectivity index (χ2v) is 7.11. The zero-order chi connectivity index (χ0) is 19.5. The highest BCUT2D eigenvalue weighted by Crippen LogP contribution is 2.26. The van der Waals surface area contributed by atoms with Crippen molar-refractivity contribution in [2.45, 2.75) is 13.0 Å². The van der Waals surface area contributed by atoms with Gasteiger partial charge < -0.3 is 9.64 Å². The molecule has 2 aliphatic heterocycles. The molecule has 0 bridgehead atoms. The van der Waals surface area contributed by atoms with Crippen LogP contribution in [0.2, 0.25) is 0 Å². The van der Waals surface area contributed by atoms with Gasteiger partial charge in [-0.25, -0.2) is 8.78 Å². The SMILES string of the molecule is O=C(/C=C/c1c(F)cccc1F)N1CCN(Cc2ccc3c(c2)CCO3)CC1. The molecule has 146 valence electrons. The Morgan fingerprint density at radius 1 is 1.07 bits per heavy atom. The van der Waals surface area contributed by atoms with Crippen molar-refractivity contribution in [3.8, 4) is 5.75 Å². The summed E-state index contributed by atoms with van der Waals surface area (Å²) < 4.78 is 32.8. The third kappa shape index (κ3) is 4.07. The van der Waals surface area contributed by atoms with Crippen LogP contribution in [0.4, 0.5) is 8.78 Å². The molecule has 28 heavy (non-hydrogen) atoms. The van der Waals surface area contributed by atoms with Crippen LogP contribution in [0.3, 0.4) is 0 Å². The summed E-state index contributed by atoms with van der Waals surface area (Å²) in [4.78, 5) is 16.4. The van der Waals surface area contributed by atoms with E-state index in [0.717, 1.165) is 38.4 Å². The van der Waals surface area contributed by atoms with Gasteiger partial charge in [-0.2, -0.15) is 0 Å². The maximum Gasteiger partial charge on any atom is 0.246 e. The molecule has 1 fully saturated rings. The number of piperazine rings is 1. The van der Waals surface area contributed by atoms with Gasteiger partial charge in [-0.3, -0.25) is 9.69 Å². The van der Waals surface area contributed by atoms with Crippen LogP contribution in [-0.4, -0.2) is 48.5 Å².